The Morgan fingerprint density at radius 1 is 1.13 bits per heavy atom. The Bertz CT molecular complexity index is 1020. The van der Waals surface area contributed by atoms with Gasteiger partial charge in [-0.15, -0.1) is 0 Å². The number of amides is 2. The van der Waals surface area contributed by atoms with Gasteiger partial charge in [0, 0.05) is 36.7 Å². The van der Waals surface area contributed by atoms with Gasteiger partial charge in [-0.3, -0.25) is 14.4 Å². The summed E-state index contributed by atoms with van der Waals surface area (Å²) >= 11 is 0. The summed E-state index contributed by atoms with van der Waals surface area (Å²) in [6, 6.07) is 9.35. The first-order valence-electron chi connectivity index (χ1n) is 10.2. The van der Waals surface area contributed by atoms with E-state index in [1.54, 1.807) is 29.2 Å². The molecule has 31 heavy (non-hydrogen) atoms. The number of fused-ring (bicyclic) bond motifs is 1. The van der Waals surface area contributed by atoms with Crippen LogP contribution in [0.2, 0.25) is 0 Å². The number of ketones is 1. The van der Waals surface area contributed by atoms with Gasteiger partial charge < -0.3 is 24.8 Å². The van der Waals surface area contributed by atoms with Crippen LogP contribution in [-0.4, -0.2) is 47.5 Å². The quantitative estimate of drug-likeness (QED) is 0.714. The summed E-state index contributed by atoms with van der Waals surface area (Å²) in [6.45, 7) is 2.63. The van der Waals surface area contributed by atoms with E-state index in [4.69, 9.17) is 9.47 Å². The van der Waals surface area contributed by atoms with Crippen molar-refractivity contribution in [1.29, 1.82) is 0 Å². The lowest BCUT2D eigenvalue weighted by molar-refractivity contribution is -0.117. The molecule has 2 heterocycles. The summed E-state index contributed by atoms with van der Waals surface area (Å²) in [5.74, 6) is 0.590. The minimum atomic E-state index is -0.217. The number of ether oxygens (including phenoxy) is 2. The van der Waals surface area contributed by atoms with Gasteiger partial charge in [-0.25, -0.2) is 0 Å². The van der Waals surface area contributed by atoms with E-state index in [0.29, 0.717) is 41.4 Å². The lowest BCUT2D eigenvalue weighted by Crippen LogP contribution is -2.40. The zero-order valence-corrected chi connectivity index (χ0v) is 17.2. The third-order valence-electron chi connectivity index (χ3n) is 5.56. The molecule has 0 bridgehead atoms. The van der Waals surface area contributed by atoms with E-state index in [-0.39, 0.29) is 42.5 Å². The van der Waals surface area contributed by atoms with E-state index < -0.39 is 0 Å². The van der Waals surface area contributed by atoms with Gasteiger partial charge in [0.1, 0.15) is 5.75 Å². The highest BCUT2D eigenvalue weighted by molar-refractivity contribution is 6.04. The molecular formula is C23H24N2O6. The van der Waals surface area contributed by atoms with Crippen LogP contribution in [-0.2, 0) is 4.79 Å². The van der Waals surface area contributed by atoms with Crippen LogP contribution in [0.3, 0.4) is 0 Å². The summed E-state index contributed by atoms with van der Waals surface area (Å²) in [5, 5.41) is 12.2. The zero-order valence-electron chi connectivity index (χ0n) is 17.2. The van der Waals surface area contributed by atoms with Crippen molar-refractivity contribution in [1.82, 2.24) is 4.90 Å². The maximum absolute atomic E-state index is 12.7. The van der Waals surface area contributed by atoms with Crippen molar-refractivity contribution in [2.24, 2.45) is 5.92 Å². The van der Waals surface area contributed by atoms with Gasteiger partial charge >= 0.3 is 0 Å². The third-order valence-corrected chi connectivity index (χ3v) is 5.56. The van der Waals surface area contributed by atoms with Gasteiger partial charge in [-0.1, -0.05) is 0 Å². The van der Waals surface area contributed by atoms with E-state index in [9.17, 15) is 19.5 Å². The average Bonchev–Trinajstić information content (AvgIpc) is 3.20. The van der Waals surface area contributed by atoms with Crippen LogP contribution in [0, 0.1) is 5.92 Å². The first kappa shape index (κ1) is 20.7. The third kappa shape index (κ3) is 4.63. The lowest BCUT2D eigenvalue weighted by atomic mass is 9.93. The molecule has 0 saturated carbocycles. The van der Waals surface area contributed by atoms with Gasteiger partial charge in [-0.05, 0) is 56.0 Å². The second-order valence-corrected chi connectivity index (χ2v) is 7.87. The molecule has 2 aliphatic heterocycles. The van der Waals surface area contributed by atoms with E-state index >= 15 is 0 Å². The number of nitrogens with one attached hydrogen (secondary N) is 1. The molecule has 2 N–H and O–H groups in total. The molecule has 0 aromatic heterocycles. The fourth-order valence-electron chi connectivity index (χ4n) is 4.00. The molecule has 0 spiro atoms. The second-order valence-electron chi connectivity index (χ2n) is 7.87. The summed E-state index contributed by atoms with van der Waals surface area (Å²) in [6.07, 6.45) is 1.89. The van der Waals surface area contributed by atoms with Crippen LogP contribution in [0.15, 0.2) is 36.4 Å². The molecule has 8 nitrogen and oxygen atoms in total. The highest BCUT2D eigenvalue weighted by atomic mass is 16.7. The maximum atomic E-state index is 12.7. The molecule has 162 valence electrons. The van der Waals surface area contributed by atoms with Crippen molar-refractivity contribution in [2.45, 2.75) is 26.2 Å². The largest absolute Gasteiger partial charge is 0.508 e. The molecule has 0 radical (unpaired) electrons. The number of hydrogen-bond donors (Lipinski definition) is 2. The highest BCUT2D eigenvalue weighted by Crippen LogP contribution is 2.37. The molecule has 8 heteroatoms. The maximum Gasteiger partial charge on any atom is 0.253 e. The summed E-state index contributed by atoms with van der Waals surface area (Å²) < 4.78 is 10.7. The monoisotopic (exact) mass is 424 g/mol. The lowest BCUT2D eigenvalue weighted by Gasteiger charge is -2.32. The fraction of sp³-hybridized carbons (Fsp3) is 0.348. The Morgan fingerprint density at radius 2 is 1.84 bits per heavy atom. The molecule has 1 atom stereocenters. The molecule has 0 aliphatic carbocycles. The number of likely N-dealkylation sites (tertiary alicyclic amines) is 1. The predicted molar refractivity (Wildman–Crippen MR) is 113 cm³/mol. The van der Waals surface area contributed by atoms with Gasteiger partial charge in [0.25, 0.3) is 5.91 Å². The van der Waals surface area contributed by atoms with Crippen molar-refractivity contribution >= 4 is 23.3 Å². The van der Waals surface area contributed by atoms with Crippen LogP contribution >= 0.6 is 0 Å². The van der Waals surface area contributed by atoms with Crippen LogP contribution in [0.4, 0.5) is 5.69 Å². The highest BCUT2D eigenvalue weighted by Gasteiger charge is 2.27. The van der Waals surface area contributed by atoms with Crippen molar-refractivity contribution in [2.75, 3.05) is 25.2 Å². The van der Waals surface area contributed by atoms with Crippen LogP contribution in [0.25, 0.3) is 0 Å². The summed E-state index contributed by atoms with van der Waals surface area (Å²) in [5.41, 5.74) is 1.27. The summed E-state index contributed by atoms with van der Waals surface area (Å²) in [4.78, 5) is 39.2. The Morgan fingerprint density at radius 3 is 2.55 bits per heavy atom. The summed E-state index contributed by atoms with van der Waals surface area (Å²) in [7, 11) is 0. The second kappa shape index (κ2) is 8.67. The van der Waals surface area contributed by atoms with Crippen LogP contribution < -0.4 is 14.8 Å². The fourth-order valence-corrected chi connectivity index (χ4v) is 4.00. The number of carbonyl (C=O) groups excluding carboxylic acids is 3. The SMILES string of the molecule is CC(=O)c1cc2c(cc1NC(=O)CC1CCCN(C(=O)c3ccc(O)cc3)C1)OCO2. The van der Waals surface area contributed by atoms with Crippen molar-refractivity contribution in [3.8, 4) is 17.2 Å². The normalized spacial score (nSPS) is 17.3. The number of nitrogens with zero attached hydrogens (tertiary/aromatic N) is 1. The smallest absolute Gasteiger partial charge is 0.253 e. The van der Waals surface area contributed by atoms with Crippen LogP contribution in [0.1, 0.15) is 46.9 Å². The minimum absolute atomic E-state index is 0.0182. The van der Waals surface area contributed by atoms with E-state index in [1.807, 2.05) is 0 Å². The Kier molecular flexibility index (Phi) is 5.79. The first-order chi connectivity index (χ1) is 14.9. The predicted octanol–water partition coefficient (Wildman–Crippen LogP) is 3.20. The van der Waals surface area contributed by atoms with Gasteiger partial charge in [0.2, 0.25) is 12.7 Å². The molecule has 2 aromatic rings. The average molecular weight is 424 g/mol. The molecule has 1 saturated heterocycles. The van der Waals surface area contributed by atoms with E-state index in [1.165, 1.54) is 19.1 Å². The number of anilines is 1. The number of benzene rings is 2. The van der Waals surface area contributed by atoms with E-state index in [0.717, 1.165) is 12.8 Å². The Hall–Kier alpha value is -3.55. The zero-order chi connectivity index (χ0) is 22.0. The van der Waals surface area contributed by atoms with Crippen LogP contribution in [0.5, 0.6) is 17.2 Å². The number of hydrogen-bond acceptors (Lipinski definition) is 6. The molecule has 2 aliphatic rings. The number of carbonyl (C=O) groups is 3. The van der Waals surface area contributed by atoms with Crippen molar-refractivity contribution < 1.29 is 29.0 Å². The van der Waals surface area contributed by atoms with Gasteiger partial charge in [0.05, 0.1) is 5.69 Å². The topological polar surface area (TPSA) is 105 Å². The minimum Gasteiger partial charge on any atom is -0.508 e. The number of phenols is 1. The van der Waals surface area contributed by atoms with E-state index in [2.05, 4.69) is 5.32 Å². The standard InChI is InChI=1S/C23H24N2O6/c1-14(26)18-10-20-21(31-13-30-20)11-19(18)24-22(28)9-15-3-2-8-25(12-15)23(29)16-4-6-17(27)7-5-16/h4-7,10-11,15,27H,2-3,8-9,12-13H2,1H3,(H,24,28). The Balaban J connectivity index is 1.40. The van der Waals surface area contributed by atoms with Crippen molar-refractivity contribution in [3.63, 3.8) is 0 Å². The number of piperidine rings is 1. The number of rotatable bonds is 5. The molecule has 2 amide bonds. The molecule has 1 fully saturated rings. The molecule has 4 rings (SSSR count). The van der Waals surface area contributed by atoms with Gasteiger partial charge in [-0.2, -0.15) is 0 Å². The molecular weight excluding hydrogens is 400 g/mol. The number of phenolic OH excluding ortho intramolecular Hbond substituents is 1. The van der Waals surface area contributed by atoms with Gasteiger partial charge in [0.15, 0.2) is 17.3 Å². The first-order valence-corrected chi connectivity index (χ1v) is 10.2. The Labute approximate surface area is 179 Å². The molecule has 2 aromatic carbocycles. The molecule has 1 unspecified atom stereocenters. The number of Topliss-reactive ketones (excluding diaryl/α,β-unsaturated/α-hetero) is 1. The number of aromatic hydroxyl groups is 1. The van der Waals surface area contributed by atoms with Crippen molar-refractivity contribution in [3.05, 3.63) is 47.5 Å².